The van der Waals surface area contributed by atoms with Crippen LogP contribution in [0.3, 0.4) is 0 Å². The van der Waals surface area contributed by atoms with Gasteiger partial charge in [0.15, 0.2) is 11.5 Å². The number of methoxy groups -OCH3 is 2. The molecule has 0 saturated heterocycles. The van der Waals surface area contributed by atoms with Crippen LogP contribution in [0, 0.1) is 5.92 Å². The summed E-state index contributed by atoms with van der Waals surface area (Å²) >= 11 is 1.61. The molecule has 0 spiro atoms. The van der Waals surface area contributed by atoms with Crippen molar-refractivity contribution in [1.29, 1.82) is 0 Å². The first-order valence-electron chi connectivity index (χ1n) is 13.2. The quantitative estimate of drug-likeness (QED) is 0.164. The van der Waals surface area contributed by atoms with Crippen molar-refractivity contribution >= 4 is 23.4 Å². The summed E-state index contributed by atoms with van der Waals surface area (Å²) in [4.78, 5) is 35.1. The number of H-pyrrole nitrogens is 1. The number of nitrogens with zero attached hydrogens (tertiary/aromatic N) is 1. The van der Waals surface area contributed by atoms with E-state index in [2.05, 4.69) is 10.3 Å². The average molecular weight is 578 g/mol. The van der Waals surface area contributed by atoms with Crippen molar-refractivity contribution in [3.8, 4) is 50.5 Å². The number of aromatic nitrogens is 2. The summed E-state index contributed by atoms with van der Waals surface area (Å²) in [6.45, 7) is 8.84. The highest BCUT2D eigenvalue weighted by Gasteiger charge is 2.31. The van der Waals surface area contributed by atoms with E-state index in [1.165, 1.54) is 14.2 Å². The van der Waals surface area contributed by atoms with Gasteiger partial charge in [0.05, 0.1) is 30.5 Å². The highest BCUT2D eigenvalue weighted by molar-refractivity contribution is 7.13. The fourth-order valence-electron chi connectivity index (χ4n) is 4.13. The molecule has 4 aromatic rings. The lowest BCUT2D eigenvalue weighted by Gasteiger charge is -2.25. The first-order valence-corrected chi connectivity index (χ1v) is 14.1. The summed E-state index contributed by atoms with van der Waals surface area (Å²) in [5.41, 5.74) is 2.63. The van der Waals surface area contributed by atoms with Crippen LogP contribution in [0.25, 0.3) is 33.2 Å². The molecule has 10 heteroatoms. The Hall–Kier alpha value is -4.31. The topological polar surface area (TPSA) is 112 Å². The van der Waals surface area contributed by atoms with Crippen LogP contribution in [0.15, 0.2) is 60.0 Å². The van der Waals surface area contributed by atoms with Gasteiger partial charge in [-0.2, -0.15) is 0 Å². The molecule has 1 atom stereocenters. The molecule has 0 aliphatic rings. The third kappa shape index (κ3) is 7.07. The maximum atomic E-state index is 13.3. The average Bonchev–Trinajstić information content (AvgIpc) is 3.61. The second-order valence-electron chi connectivity index (χ2n) is 10.7. The number of hydrogen-bond acceptors (Lipinski definition) is 8. The van der Waals surface area contributed by atoms with E-state index < -0.39 is 23.7 Å². The lowest BCUT2D eigenvalue weighted by molar-refractivity contribution is -0.138. The minimum absolute atomic E-state index is 0.0914. The zero-order chi connectivity index (χ0) is 29.7. The van der Waals surface area contributed by atoms with Crippen LogP contribution in [-0.2, 0) is 9.53 Å². The smallest absolute Gasteiger partial charge is 0.408 e. The molecule has 2 aromatic carbocycles. The van der Waals surface area contributed by atoms with Gasteiger partial charge in [-0.1, -0.05) is 50.2 Å². The highest BCUT2D eigenvalue weighted by Crippen LogP contribution is 2.43. The van der Waals surface area contributed by atoms with Crippen LogP contribution in [0.2, 0.25) is 0 Å². The van der Waals surface area contributed by atoms with Crippen molar-refractivity contribution in [2.45, 2.75) is 46.3 Å². The summed E-state index contributed by atoms with van der Waals surface area (Å²) in [7, 11) is 2.95. The number of amides is 1. The van der Waals surface area contributed by atoms with Crippen molar-refractivity contribution in [2.75, 3.05) is 14.2 Å². The monoisotopic (exact) mass is 577 g/mol. The fraction of sp³-hybridized carbons (Fsp3) is 0.323. The van der Waals surface area contributed by atoms with Crippen molar-refractivity contribution in [2.24, 2.45) is 5.92 Å². The van der Waals surface area contributed by atoms with Gasteiger partial charge in [0.1, 0.15) is 17.5 Å². The molecular formula is C31H35N3O6S. The zero-order valence-electron chi connectivity index (χ0n) is 24.2. The van der Waals surface area contributed by atoms with Gasteiger partial charge in [0.2, 0.25) is 5.75 Å². The molecule has 2 aromatic heterocycles. The van der Waals surface area contributed by atoms with Crippen LogP contribution >= 0.6 is 11.3 Å². The van der Waals surface area contributed by atoms with Crippen LogP contribution in [0.4, 0.5) is 4.79 Å². The van der Waals surface area contributed by atoms with E-state index in [9.17, 15) is 9.59 Å². The lowest BCUT2D eigenvalue weighted by Crippen LogP contribution is -2.48. The number of alkyl carbamates (subject to hydrolysis) is 1. The van der Waals surface area contributed by atoms with E-state index in [4.69, 9.17) is 23.9 Å². The number of benzene rings is 2. The Labute approximate surface area is 243 Å². The molecule has 4 rings (SSSR count). The molecule has 0 saturated carbocycles. The number of esters is 1. The first-order chi connectivity index (χ1) is 19.5. The Morgan fingerprint density at radius 1 is 0.951 bits per heavy atom. The fourth-order valence-corrected chi connectivity index (χ4v) is 4.85. The molecular weight excluding hydrogens is 542 g/mol. The Bertz CT molecular complexity index is 1470. The second kappa shape index (κ2) is 12.5. The normalized spacial score (nSPS) is 12.1. The van der Waals surface area contributed by atoms with Gasteiger partial charge in [-0.05, 0) is 50.3 Å². The largest absolute Gasteiger partial charge is 0.493 e. The van der Waals surface area contributed by atoms with Crippen LogP contribution in [-0.4, -0.2) is 47.9 Å². The van der Waals surface area contributed by atoms with Crippen molar-refractivity contribution in [1.82, 2.24) is 15.3 Å². The minimum atomic E-state index is -0.967. The summed E-state index contributed by atoms with van der Waals surface area (Å²) in [5.74, 6) is 0.258. The molecule has 41 heavy (non-hydrogen) atoms. The Morgan fingerprint density at radius 3 is 2.15 bits per heavy atom. The molecule has 0 aliphatic heterocycles. The Kier molecular flexibility index (Phi) is 9.02. The van der Waals surface area contributed by atoms with Gasteiger partial charge in [-0.3, -0.25) is 0 Å². The first kappa shape index (κ1) is 29.7. The molecule has 216 valence electrons. The molecule has 0 unspecified atom stereocenters. The second-order valence-corrected chi connectivity index (χ2v) is 11.6. The van der Waals surface area contributed by atoms with Gasteiger partial charge < -0.3 is 29.2 Å². The minimum Gasteiger partial charge on any atom is -0.493 e. The maximum Gasteiger partial charge on any atom is 0.408 e. The van der Waals surface area contributed by atoms with Crippen LogP contribution in [0.1, 0.15) is 34.6 Å². The maximum absolute atomic E-state index is 13.3. The van der Waals surface area contributed by atoms with E-state index in [1.54, 1.807) is 58.1 Å². The molecule has 1 amide bonds. The van der Waals surface area contributed by atoms with E-state index in [0.29, 0.717) is 11.4 Å². The number of carbonyl (C=O) groups is 2. The van der Waals surface area contributed by atoms with E-state index in [1.807, 2.05) is 47.8 Å². The van der Waals surface area contributed by atoms with Crippen LogP contribution in [0.5, 0.6) is 17.2 Å². The molecule has 9 nitrogen and oxygen atoms in total. The number of nitrogens with one attached hydrogen (secondary N) is 2. The third-order valence-corrected chi connectivity index (χ3v) is 6.94. The number of aromatic amines is 1. The van der Waals surface area contributed by atoms with Crippen molar-refractivity contribution in [3.63, 3.8) is 0 Å². The predicted molar refractivity (Wildman–Crippen MR) is 160 cm³/mol. The zero-order valence-corrected chi connectivity index (χ0v) is 25.0. The van der Waals surface area contributed by atoms with Crippen molar-refractivity contribution < 1.29 is 28.5 Å². The lowest BCUT2D eigenvalue weighted by atomic mass is 10.0. The Balaban J connectivity index is 1.69. The Morgan fingerprint density at radius 2 is 1.61 bits per heavy atom. The number of thiophene rings is 1. The number of hydrogen-bond donors (Lipinski definition) is 2. The molecule has 0 fully saturated rings. The summed E-state index contributed by atoms with van der Waals surface area (Å²) in [6, 6.07) is 16.4. The number of imidazole rings is 1. The van der Waals surface area contributed by atoms with E-state index in [-0.39, 0.29) is 23.2 Å². The van der Waals surface area contributed by atoms with Gasteiger partial charge >= 0.3 is 12.1 Å². The third-order valence-electron chi connectivity index (χ3n) is 6.05. The van der Waals surface area contributed by atoms with Crippen LogP contribution < -0.4 is 19.5 Å². The molecule has 0 radical (unpaired) electrons. The number of rotatable bonds is 9. The van der Waals surface area contributed by atoms with E-state index in [0.717, 1.165) is 21.8 Å². The highest BCUT2D eigenvalue weighted by atomic mass is 32.1. The van der Waals surface area contributed by atoms with Gasteiger partial charge in [-0.15, -0.1) is 11.3 Å². The van der Waals surface area contributed by atoms with Gasteiger partial charge in [-0.25, -0.2) is 14.6 Å². The molecule has 0 aliphatic carbocycles. The number of ether oxygens (including phenoxy) is 4. The molecule has 2 N–H and O–H groups in total. The van der Waals surface area contributed by atoms with Crippen molar-refractivity contribution in [3.05, 3.63) is 60.0 Å². The predicted octanol–water partition coefficient (Wildman–Crippen LogP) is 6.94. The molecule has 0 bridgehead atoms. The standard InChI is InChI=1S/C31H35N3O6S/c1-18(2)24(34-30(36)40-31(3,4)5)29(35)39-27-21(37-6)16-20(17-22(27)38-7)28-32-25(19-12-9-8-10-13-19)26(33-28)23-14-11-15-41-23/h8-18,24H,1-7H3,(H,32,33)(H,34,36)/t24-/m0/s1. The van der Waals surface area contributed by atoms with E-state index >= 15 is 0 Å². The van der Waals surface area contributed by atoms with Gasteiger partial charge in [0, 0.05) is 11.1 Å². The summed E-state index contributed by atoms with van der Waals surface area (Å²) < 4.78 is 22.3. The molecule has 2 heterocycles. The summed E-state index contributed by atoms with van der Waals surface area (Å²) in [5, 5.41) is 4.63. The SMILES string of the molecule is COc1cc(-c2nc(-c3ccccc3)c(-c3cccs3)[nH]2)cc(OC)c1OC(=O)[C@@H](NC(=O)OC(C)(C)C)C(C)C. The number of carbonyl (C=O) groups excluding carboxylic acids is 2. The van der Waals surface area contributed by atoms with Gasteiger partial charge in [0.25, 0.3) is 0 Å². The summed E-state index contributed by atoms with van der Waals surface area (Å²) in [6.07, 6.45) is -0.712.